The Morgan fingerprint density at radius 1 is 1.38 bits per heavy atom. The lowest BCUT2D eigenvalue weighted by Crippen LogP contribution is -2.30. The molecule has 0 aromatic rings. The van der Waals surface area contributed by atoms with Gasteiger partial charge in [-0.3, -0.25) is 4.79 Å². The Hall–Kier alpha value is -0.450. The Bertz CT molecular complexity index is 214. The second-order valence-electron chi connectivity index (χ2n) is 3.86. The molecule has 0 N–H and O–H groups in total. The van der Waals surface area contributed by atoms with E-state index in [2.05, 4.69) is 0 Å². The number of hydrogen-bond acceptors (Lipinski definition) is 4. The number of hydrogen-bond donors (Lipinski definition) is 0. The number of ketones is 1. The van der Waals surface area contributed by atoms with Crippen molar-refractivity contribution in [3.05, 3.63) is 0 Å². The molecule has 13 heavy (non-hydrogen) atoms. The quantitative estimate of drug-likeness (QED) is 0.629. The van der Waals surface area contributed by atoms with Gasteiger partial charge in [-0.25, -0.2) is 0 Å². The van der Waals surface area contributed by atoms with Gasteiger partial charge in [0, 0.05) is 0 Å². The molecule has 0 radical (unpaired) electrons. The fourth-order valence-corrected chi connectivity index (χ4v) is 1.94. The van der Waals surface area contributed by atoms with Crippen molar-refractivity contribution in [2.45, 2.75) is 38.3 Å². The molecule has 2 fully saturated rings. The second-order valence-corrected chi connectivity index (χ2v) is 3.86. The lowest BCUT2D eigenvalue weighted by atomic mass is 10.2. The zero-order chi connectivity index (χ0) is 9.47. The van der Waals surface area contributed by atoms with Gasteiger partial charge in [0.05, 0.1) is 19.6 Å². The van der Waals surface area contributed by atoms with E-state index >= 15 is 0 Å². The molecule has 4 heteroatoms. The van der Waals surface area contributed by atoms with E-state index in [4.69, 9.17) is 14.2 Å². The zero-order valence-corrected chi connectivity index (χ0v) is 7.91. The normalized spacial score (nSPS) is 36.2. The molecule has 2 atom stereocenters. The predicted molar refractivity (Wildman–Crippen MR) is 44.3 cm³/mol. The molecule has 0 aromatic carbocycles. The number of ether oxygens (including phenoxy) is 3. The van der Waals surface area contributed by atoms with E-state index in [1.807, 2.05) is 6.92 Å². The van der Waals surface area contributed by atoms with Gasteiger partial charge in [-0.05, 0) is 13.8 Å². The Morgan fingerprint density at radius 2 is 1.92 bits per heavy atom. The molecular formula is C9H14O4. The maximum atomic E-state index is 10.9. The molecule has 0 unspecified atom stereocenters. The first-order valence-corrected chi connectivity index (χ1v) is 4.52. The fourth-order valence-electron chi connectivity index (χ4n) is 1.94. The maximum Gasteiger partial charge on any atom is 0.173 e. The van der Waals surface area contributed by atoms with Crippen molar-refractivity contribution in [1.82, 2.24) is 0 Å². The summed E-state index contributed by atoms with van der Waals surface area (Å²) in [5.41, 5.74) is 0. The highest BCUT2D eigenvalue weighted by molar-refractivity contribution is 5.76. The van der Waals surface area contributed by atoms with Gasteiger partial charge in [0.2, 0.25) is 0 Å². The Kier molecular flexibility index (Phi) is 2.14. The van der Waals surface area contributed by atoms with Crippen LogP contribution >= 0.6 is 0 Å². The number of Topliss-reactive ketones (excluding diaryl/α,β-unsaturated/α-hetero) is 1. The predicted octanol–water partition coefficient (Wildman–Crippen LogP) is 0.496. The van der Waals surface area contributed by atoms with Crippen molar-refractivity contribution in [1.29, 1.82) is 0 Å². The van der Waals surface area contributed by atoms with Crippen molar-refractivity contribution in [3.8, 4) is 0 Å². The molecular weight excluding hydrogens is 172 g/mol. The van der Waals surface area contributed by atoms with Crippen LogP contribution in [-0.4, -0.2) is 37.0 Å². The molecule has 2 rings (SSSR count). The van der Waals surface area contributed by atoms with Gasteiger partial charge in [-0.2, -0.15) is 0 Å². The highest BCUT2D eigenvalue weighted by Crippen LogP contribution is 2.34. The highest BCUT2D eigenvalue weighted by atomic mass is 16.8. The summed E-state index contributed by atoms with van der Waals surface area (Å²) in [5.74, 6) is -0.631. The van der Waals surface area contributed by atoms with Crippen LogP contribution < -0.4 is 0 Å². The summed E-state index contributed by atoms with van der Waals surface area (Å²) in [5, 5.41) is 0. The summed E-state index contributed by atoms with van der Waals surface area (Å²) in [7, 11) is 0. The van der Waals surface area contributed by atoms with Gasteiger partial charge in [0.1, 0.15) is 18.0 Å². The van der Waals surface area contributed by atoms with Crippen molar-refractivity contribution in [3.63, 3.8) is 0 Å². The van der Waals surface area contributed by atoms with Gasteiger partial charge < -0.3 is 14.2 Å². The van der Waals surface area contributed by atoms with E-state index in [0.717, 1.165) is 0 Å². The summed E-state index contributed by atoms with van der Waals surface area (Å²) in [4.78, 5) is 10.9. The van der Waals surface area contributed by atoms with Crippen molar-refractivity contribution in [2.24, 2.45) is 0 Å². The first-order chi connectivity index (χ1) is 6.09. The topological polar surface area (TPSA) is 44.8 Å². The molecule has 2 heterocycles. The Morgan fingerprint density at radius 3 is 2.38 bits per heavy atom. The highest BCUT2D eigenvalue weighted by Gasteiger charge is 2.47. The molecule has 2 aliphatic rings. The number of fused-ring (bicyclic) bond motifs is 1. The third-order valence-corrected chi connectivity index (χ3v) is 2.35. The summed E-state index contributed by atoms with van der Waals surface area (Å²) < 4.78 is 16.4. The van der Waals surface area contributed by atoms with Gasteiger partial charge in [0.15, 0.2) is 5.79 Å². The van der Waals surface area contributed by atoms with Crippen molar-refractivity contribution in [2.75, 3.05) is 13.2 Å². The summed E-state index contributed by atoms with van der Waals surface area (Å²) >= 11 is 0. The van der Waals surface area contributed by atoms with E-state index in [1.165, 1.54) is 0 Å². The molecule has 0 amide bonds. The van der Waals surface area contributed by atoms with E-state index in [-0.39, 0.29) is 18.0 Å². The minimum absolute atomic E-state index is 0.0179. The smallest absolute Gasteiger partial charge is 0.173 e. The molecule has 0 aromatic heterocycles. The summed E-state index contributed by atoms with van der Waals surface area (Å²) in [6.45, 7) is 4.52. The maximum absolute atomic E-state index is 10.9. The number of rotatable bonds is 2. The monoisotopic (exact) mass is 186 g/mol. The molecule has 4 nitrogen and oxygen atoms in total. The van der Waals surface area contributed by atoms with Crippen molar-refractivity contribution >= 4 is 5.78 Å². The van der Waals surface area contributed by atoms with Crippen LogP contribution in [0.15, 0.2) is 0 Å². The molecule has 74 valence electrons. The average molecular weight is 186 g/mol. The van der Waals surface area contributed by atoms with E-state index in [1.54, 1.807) is 6.92 Å². The van der Waals surface area contributed by atoms with Crippen molar-refractivity contribution < 1.29 is 19.0 Å². The first-order valence-electron chi connectivity index (χ1n) is 4.52. The Balaban J connectivity index is 2.00. The van der Waals surface area contributed by atoms with Gasteiger partial charge in [-0.1, -0.05) is 0 Å². The summed E-state index contributed by atoms with van der Waals surface area (Å²) in [6, 6.07) is 0. The summed E-state index contributed by atoms with van der Waals surface area (Å²) in [6.07, 6.45) is 0.355. The molecule has 2 saturated heterocycles. The van der Waals surface area contributed by atoms with Crippen LogP contribution in [0.4, 0.5) is 0 Å². The Labute approximate surface area is 77.1 Å². The average Bonchev–Trinajstić information content (AvgIpc) is 2.41. The first kappa shape index (κ1) is 9.12. The SMILES string of the molecule is CC(=O)CC1(C)O[C@@H]2COC[C@H]2O1. The molecule has 0 bridgehead atoms. The lowest BCUT2D eigenvalue weighted by Gasteiger charge is -2.22. The van der Waals surface area contributed by atoms with E-state index < -0.39 is 5.79 Å². The van der Waals surface area contributed by atoms with E-state index in [9.17, 15) is 4.79 Å². The minimum Gasteiger partial charge on any atom is -0.376 e. The number of carbonyl (C=O) groups excluding carboxylic acids is 1. The lowest BCUT2D eigenvalue weighted by molar-refractivity contribution is -0.183. The van der Waals surface area contributed by atoms with E-state index in [0.29, 0.717) is 19.6 Å². The minimum atomic E-state index is -0.717. The largest absolute Gasteiger partial charge is 0.376 e. The van der Waals surface area contributed by atoms with Crippen LogP contribution in [0.2, 0.25) is 0 Å². The number of carbonyl (C=O) groups is 1. The van der Waals surface area contributed by atoms with Crippen LogP contribution in [-0.2, 0) is 19.0 Å². The van der Waals surface area contributed by atoms with Gasteiger partial charge in [0.25, 0.3) is 0 Å². The molecule has 0 saturated carbocycles. The van der Waals surface area contributed by atoms with Crippen LogP contribution in [0.3, 0.4) is 0 Å². The van der Waals surface area contributed by atoms with Gasteiger partial charge >= 0.3 is 0 Å². The van der Waals surface area contributed by atoms with Crippen LogP contribution in [0.25, 0.3) is 0 Å². The third kappa shape index (κ3) is 1.75. The molecule has 0 spiro atoms. The van der Waals surface area contributed by atoms with Crippen LogP contribution in [0.5, 0.6) is 0 Å². The molecule has 2 aliphatic heterocycles. The van der Waals surface area contributed by atoms with Crippen LogP contribution in [0.1, 0.15) is 20.3 Å². The van der Waals surface area contributed by atoms with Crippen LogP contribution in [0, 0.1) is 0 Å². The second kappa shape index (κ2) is 3.04. The zero-order valence-electron chi connectivity index (χ0n) is 7.91. The van der Waals surface area contributed by atoms with Gasteiger partial charge in [-0.15, -0.1) is 0 Å². The fraction of sp³-hybridized carbons (Fsp3) is 0.889. The third-order valence-electron chi connectivity index (χ3n) is 2.35. The molecule has 0 aliphatic carbocycles. The standard InChI is InChI=1S/C9H14O4/c1-6(10)3-9(2)12-7-4-11-5-8(7)13-9/h7-8H,3-5H2,1-2H3/t7-,8-/m1/s1.